The molecule has 0 radical (unpaired) electrons. The second-order valence-corrected chi connectivity index (χ2v) is 6.76. The molecule has 1 aliphatic rings. The van der Waals surface area contributed by atoms with E-state index >= 15 is 0 Å². The molecule has 25 heavy (non-hydrogen) atoms. The molecular weight excluding hydrogens is 310 g/mol. The van der Waals surface area contributed by atoms with Gasteiger partial charge in [-0.2, -0.15) is 10.2 Å². The van der Waals surface area contributed by atoms with Crippen LogP contribution in [-0.2, 0) is 13.1 Å². The summed E-state index contributed by atoms with van der Waals surface area (Å²) in [7, 11) is 0. The summed E-state index contributed by atoms with van der Waals surface area (Å²) >= 11 is 0. The highest BCUT2D eigenvalue weighted by molar-refractivity contribution is 5.40. The molecule has 0 amide bonds. The van der Waals surface area contributed by atoms with Gasteiger partial charge in [-0.15, -0.1) is 0 Å². The number of piperidine rings is 1. The summed E-state index contributed by atoms with van der Waals surface area (Å²) < 4.78 is 4.02. The second kappa shape index (κ2) is 7.66. The van der Waals surface area contributed by atoms with Gasteiger partial charge >= 0.3 is 0 Å². The Morgan fingerprint density at radius 2 is 1.84 bits per heavy atom. The van der Waals surface area contributed by atoms with Crippen LogP contribution in [0.4, 0.5) is 0 Å². The molecule has 0 bridgehead atoms. The van der Waals surface area contributed by atoms with Crippen molar-refractivity contribution >= 4 is 0 Å². The lowest BCUT2D eigenvalue weighted by molar-refractivity contribution is 0.127. The van der Waals surface area contributed by atoms with E-state index in [1.165, 1.54) is 37.1 Å². The summed E-state index contributed by atoms with van der Waals surface area (Å²) in [6.45, 7) is 3.16. The Bertz CT molecular complexity index is 763. The largest absolute Gasteiger partial charge is 0.296 e. The maximum absolute atomic E-state index is 4.42. The molecule has 1 unspecified atom stereocenters. The van der Waals surface area contributed by atoms with Crippen LogP contribution in [0.2, 0.25) is 0 Å². The van der Waals surface area contributed by atoms with E-state index in [1.54, 1.807) is 0 Å². The van der Waals surface area contributed by atoms with Gasteiger partial charge in [0.05, 0.1) is 5.69 Å². The molecule has 0 spiro atoms. The van der Waals surface area contributed by atoms with E-state index in [0.29, 0.717) is 6.04 Å². The third-order valence-corrected chi connectivity index (χ3v) is 5.12. The first-order valence-corrected chi connectivity index (χ1v) is 9.19. The van der Waals surface area contributed by atoms with Crippen LogP contribution in [0, 0.1) is 0 Å². The SMILES string of the molecule is c1ccc(-n2cccn2)c(CN2CCCCC2CCn2cccn2)c1. The maximum Gasteiger partial charge on any atom is 0.0690 e. The van der Waals surface area contributed by atoms with Gasteiger partial charge in [0, 0.05) is 43.9 Å². The van der Waals surface area contributed by atoms with Crippen LogP contribution in [0.25, 0.3) is 5.69 Å². The number of rotatable bonds is 6. The predicted octanol–water partition coefficient (Wildman–Crippen LogP) is 3.51. The van der Waals surface area contributed by atoms with Gasteiger partial charge in [-0.3, -0.25) is 9.58 Å². The van der Waals surface area contributed by atoms with Gasteiger partial charge in [-0.25, -0.2) is 4.68 Å². The number of aromatic nitrogens is 4. The van der Waals surface area contributed by atoms with Crippen molar-refractivity contribution in [2.45, 2.75) is 44.8 Å². The van der Waals surface area contributed by atoms with Crippen molar-refractivity contribution in [2.75, 3.05) is 6.54 Å². The molecule has 0 aliphatic carbocycles. The average Bonchev–Trinajstić information content (AvgIpc) is 3.35. The molecule has 3 aromatic rings. The van der Waals surface area contributed by atoms with Crippen molar-refractivity contribution in [3.05, 3.63) is 66.7 Å². The summed E-state index contributed by atoms with van der Waals surface area (Å²) in [4.78, 5) is 2.65. The third-order valence-electron chi connectivity index (χ3n) is 5.12. The van der Waals surface area contributed by atoms with Gasteiger partial charge in [0.25, 0.3) is 0 Å². The number of likely N-dealkylation sites (tertiary alicyclic amines) is 1. The molecule has 0 N–H and O–H groups in total. The molecular formula is C20H25N5. The summed E-state index contributed by atoms with van der Waals surface area (Å²) in [5.74, 6) is 0. The van der Waals surface area contributed by atoms with E-state index in [-0.39, 0.29) is 0 Å². The molecule has 1 aliphatic heterocycles. The van der Waals surface area contributed by atoms with Gasteiger partial charge in [0.1, 0.15) is 0 Å². The molecule has 5 nitrogen and oxygen atoms in total. The van der Waals surface area contributed by atoms with Crippen molar-refractivity contribution in [3.8, 4) is 5.69 Å². The van der Waals surface area contributed by atoms with Crippen LogP contribution in [0.1, 0.15) is 31.2 Å². The fourth-order valence-corrected chi connectivity index (χ4v) is 3.81. The quantitative estimate of drug-likeness (QED) is 0.692. The number of benzene rings is 1. The van der Waals surface area contributed by atoms with Crippen LogP contribution < -0.4 is 0 Å². The van der Waals surface area contributed by atoms with Gasteiger partial charge in [-0.1, -0.05) is 24.6 Å². The van der Waals surface area contributed by atoms with E-state index in [2.05, 4.69) is 45.6 Å². The Morgan fingerprint density at radius 1 is 0.960 bits per heavy atom. The predicted molar refractivity (Wildman–Crippen MR) is 98.5 cm³/mol. The van der Waals surface area contributed by atoms with Gasteiger partial charge in [0.15, 0.2) is 0 Å². The number of hydrogen-bond acceptors (Lipinski definition) is 3. The number of aryl methyl sites for hydroxylation is 1. The Hall–Kier alpha value is -2.40. The van der Waals surface area contributed by atoms with Gasteiger partial charge in [-0.05, 0) is 49.6 Å². The van der Waals surface area contributed by atoms with Crippen LogP contribution in [0.15, 0.2) is 61.2 Å². The summed E-state index contributed by atoms with van der Waals surface area (Å²) in [5.41, 5.74) is 2.53. The van der Waals surface area contributed by atoms with E-state index < -0.39 is 0 Å². The lowest BCUT2D eigenvalue weighted by Crippen LogP contribution is -2.39. The molecule has 0 saturated carbocycles. The normalized spacial score (nSPS) is 18.5. The minimum absolute atomic E-state index is 0.628. The molecule has 3 heterocycles. The highest BCUT2D eigenvalue weighted by Gasteiger charge is 2.23. The first kappa shape index (κ1) is 16.1. The Balaban J connectivity index is 1.48. The van der Waals surface area contributed by atoms with E-state index in [4.69, 9.17) is 0 Å². The lowest BCUT2D eigenvalue weighted by atomic mass is 9.98. The van der Waals surface area contributed by atoms with Crippen molar-refractivity contribution in [3.63, 3.8) is 0 Å². The summed E-state index contributed by atoms with van der Waals surface area (Å²) in [6, 6.07) is 13.2. The molecule has 1 fully saturated rings. The highest BCUT2D eigenvalue weighted by atomic mass is 15.3. The zero-order chi connectivity index (χ0) is 16.9. The summed E-state index contributed by atoms with van der Waals surface area (Å²) in [6.07, 6.45) is 12.8. The molecule has 1 atom stereocenters. The Morgan fingerprint density at radius 3 is 2.68 bits per heavy atom. The standard InChI is InChI=1S/C20H25N5/c1-2-9-20(25-15-6-12-22-25)18(7-1)17-23-13-4-3-8-19(23)10-16-24-14-5-11-21-24/h1-2,5-7,9,11-12,14-15,19H,3-4,8,10,13,16-17H2. The van der Waals surface area contributed by atoms with E-state index in [0.717, 1.165) is 19.5 Å². The van der Waals surface area contributed by atoms with E-state index in [1.807, 2.05) is 40.1 Å². The maximum atomic E-state index is 4.42. The fraction of sp³-hybridized carbons (Fsp3) is 0.400. The molecule has 1 saturated heterocycles. The molecule has 4 rings (SSSR count). The van der Waals surface area contributed by atoms with Crippen LogP contribution in [0.3, 0.4) is 0 Å². The minimum Gasteiger partial charge on any atom is -0.296 e. The number of hydrogen-bond donors (Lipinski definition) is 0. The average molecular weight is 335 g/mol. The Kier molecular flexibility index (Phi) is 4.93. The van der Waals surface area contributed by atoms with E-state index in [9.17, 15) is 0 Å². The number of nitrogens with zero attached hydrogens (tertiary/aromatic N) is 5. The topological polar surface area (TPSA) is 38.9 Å². The van der Waals surface area contributed by atoms with Crippen LogP contribution in [0.5, 0.6) is 0 Å². The monoisotopic (exact) mass is 335 g/mol. The van der Waals surface area contributed by atoms with Gasteiger partial charge < -0.3 is 0 Å². The zero-order valence-corrected chi connectivity index (χ0v) is 14.5. The first-order chi connectivity index (χ1) is 12.4. The fourth-order valence-electron chi connectivity index (χ4n) is 3.81. The summed E-state index contributed by atoms with van der Waals surface area (Å²) in [5, 5.41) is 8.76. The molecule has 5 heteroatoms. The molecule has 1 aromatic carbocycles. The van der Waals surface area contributed by atoms with Crippen LogP contribution >= 0.6 is 0 Å². The van der Waals surface area contributed by atoms with Gasteiger partial charge in [0.2, 0.25) is 0 Å². The smallest absolute Gasteiger partial charge is 0.0690 e. The third kappa shape index (κ3) is 3.82. The molecule has 130 valence electrons. The minimum atomic E-state index is 0.628. The van der Waals surface area contributed by atoms with Crippen molar-refractivity contribution in [1.82, 2.24) is 24.5 Å². The lowest BCUT2D eigenvalue weighted by Gasteiger charge is -2.36. The second-order valence-electron chi connectivity index (χ2n) is 6.76. The van der Waals surface area contributed by atoms with Crippen LogP contribution in [-0.4, -0.2) is 37.0 Å². The zero-order valence-electron chi connectivity index (χ0n) is 14.5. The van der Waals surface area contributed by atoms with Crippen molar-refractivity contribution in [1.29, 1.82) is 0 Å². The Labute approximate surface area is 148 Å². The molecule has 2 aromatic heterocycles. The van der Waals surface area contributed by atoms with Crippen molar-refractivity contribution < 1.29 is 0 Å². The first-order valence-electron chi connectivity index (χ1n) is 9.19. The highest BCUT2D eigenvalue weighted by Crippen LogP contribution is 2.24. The van der Waals surface area contributed by atoms with Crippen molar-refractivity contribution in [2.24, 2.45) is 0 Å². The number of para-hydroxylation sites is 1.